The minimum Gasteiger partial charge on any atom is -0.460 e. The van der Waals surface area contributed by atoms with Crippen LogP contribution in [0.1, 0.15) is 39.0 Å². The van der Waals surface area contributed by atoms with Crippen molar-refractivity contribution in [1.29, 1.82) is 0 Å². The highest BCUT2D eigenvalue weighted by molar-refractivity contribution is 5.94. The van der Waals surface area contributed by atoms with Gasteiger partial charge in [0, 0.05) is 0 Å². The van der Waals surface area contributed by atoms with Crippen LogP contribution < -0.4 is 0 Å². The molecule has 1 saturated carbocycles. The zero-order valence-electron chi connectivity index (χ0n) is 9.59. The summed E-state index contributed by atoms with van der Waals surface area (Å²) in [7, 11) is 0. The van der Waals surface area contributed by atoms with Crippen LogP contribution in [0.5, 0.6) is 0 Å². The Kier molecular flexibility index (Phi) is 4.86. The van der Waals surface area contributed by atoms with E-state index in [0.29, 0.717) is 12.8 Å². The average molecular weight is 245 g/mol. The maximum absolute atomic E-state index is 11.3. The second kappa shape index (κ2) is 6.17. The summed E-state index contributed by atoms with van der Waals surface area (Å²) in [5, 5.41) is 9.39. The van der Waals surface area contributed by atoms with Crippen LogP contribution in [0.4, 0.5) is 0 Å². The van der Waals surface area contributed by atoms with Crippen molar-refractivity contribution in [1.82, 2.24) is 0 Å². The summed E-state index contributed by atoms with van der Waals surface area (Å²) >= 11 is 0. The Morgan fingerprint density at radius 3 is 2.41 bits per heavy atom. The lowest BCUT2D eigenvalue weighted by molar-refractivity contribution is -0.771. The molecule has 7 heteroatoms. The molecule has 1 aliphatic rings. The van der Waals surface area contributed by atoms with Crippen molar-refractivity contribution in [3.63, 3.8) is 0 Å². The van der Waals surface area contributed by atoms with Crippen LogP contribution in [0, 0.1) is 10.1 Å². The van der Waals surface area contributed by atoms with E-state index in [4.69, 9.17) is 4.74 Å². The first-order valence-corrected chi connectivity index (χ1v) is 5.49. The Balaban J connectivity index is 2.50. The summed E-state index contributed by atoms with van der Waals surface area (Å²) in [6.07, 6.45) is 1.01. The van der Waals surface area contributed by atoms with E-state index in [1.807, 2.05) is 0 Å². The molecule has 17 heavy (non-hydrogen) atoms. The van der Waals surface area contributed by atoms with E-state index in [9.17, 15) is 19.7 Å². The molecule has 1 fully saturated rings. The van der Waals surface area contributed by atoms with Gasteiger partial charge in [-0.05, 0) is 26.2 Å². The van der Waals surface area contributed by atoms with Gasteiger partial charge in [0.05, 0.1) is 0 Å². The fraction of sp³-hybridized carbons (Fsp3) is 0.800. The second-order valence-corrected chi connectivity index (χ2v) is 4.06. The number of carbonyl (C=O) groups excluding carboxylic acids is 2. The van der Waals surface area contributed by atoms with Crippen molar-refractivity contribution in [3.8, 4) is 0 Å². The molecule has 0 radical (unpaired) electrons. The average Bonchev–Trinajstić information content (AvgIpc) is 2.18. The molecule has 7 nitrogen and oxygen atoms in total. The van der Waals surface area contributed by atoms with Crippen LogP contribution in [0.25, 0.3) is 0 Å². The molecule has 1 aliphatic carbocycles. The van der Waals surface area contributed by atoms with Gasteiger partial charge < -0.3 is 9.57 Å². The first-order chi connectivity index (χ1) is 7.99. The van der Waals surface area contributed by atoms with E-state index < -0.39 is 23.3 Å². The molecule has 0 aliphatic heterocycles. The molecule has 2 unspecified atom stereocenters. The van der Waals surface area contributed by atoms with E-state index >= 15 is 0 Å². The predicted octanol–water partition coefficient (Wildman–Crippen LogP) is 1.03. The lowest BCUT2D eigenvalue weighted by atomic mass is 9.95. The largest absolute Gasteiger partial charge is 0.460 e. The molecular formula is C10H15NO6. The van der Waals surface area contributed by atoms with Crippen molar-refractivity contribution in [2.45, 2.75) is 51.2 Å². The molecule has 0 spiro atoms. The normalized spacial score (nSPS) is 23.8. The Bertz CT molecular complexity index is 316. The Labute approximate surface area is 98.2 Å². The lowest BCUT2D eigenvalue weighted by Gasteiger charge is -2.29. The summed E-state index contributed by atoms with van der Waals surface area (Å²) in [5.41, 5.74) is 0. The third-order valence-electron chi connectivity index (χ3n) is 2.54. The van der Waals surface area contributed by atoms with Crippen LogP contribution in [0.3, 0.4) is 0 Å². The van der Waals surface area contributed by atoms with Gasteiger partial charge in [-0.25, -0.2) is 0 Å². The van der Waals surface area contributed by atoms with Gasteiger partial charge in [-0.3, -0.25) is 9.59 Å². The number of hydrogen-bond donors (Lipinski definition) is 0. The van der Waals surface area contributed by atoms with Crippen molar-refractivity contribution in [2.75, 3.05) is 0 Å². The van der Waals surface area contributed by atoms with Gasteiger partial charge in [-0.15, -0.1) is 10.1 Å². The molecule has 0 aromatic rings. The molecule has 96 valence electrons. The van der Waals surface area contributed by atoms with Gasteiger partial charge in [-0.2, -0.15) is 0 Å². The summed E-state index contributed by atoms with van der Waals surface area (Å²) in [6.45, 7) is 1.28. The van der Waals surface area contributed by atoms with Crippen molar-refractivity contribution >= 4 is 11.8 Å². The number of ketones is 1. The van der Waals surface area contributed by atoms with Crippen molar-refractivity contribution in [3.05, 3.63) is 10.1 Å². The van der Waals surface area contributed by atoms with E-state index in [1.54, 1.807) is 0 Å². The number of nitrogens with zero attached hydrogens (tertiary/aromatic N) is 1. The highest BCUT2D eigenvalue weighted by atomic mass is 17.0. The van der Waals surface area contributed by atoms with Crippen LogP contribution in [0.15, 0.2) is 0 Å². The van der Waals surface area contributed by atoms with E-state index in [1.165, 1.54) is 6.92 Å². The fourth-order valence-electron chi connectivity index (χ4n) is 1.84. The highest BCUT2D eigenvalue weighted by Gasteiger charge is 2.31. The number of hydrogen-bond acceptors (Lipinski definition) is 6. The number of Topliss-reactive ketones (excluding diaryl/α,β-unsaturated/α-hetero) is 1. The summed E-state index contributed by atoms with van der Waals surface area (Å²) in [6, 6.07) is 0. The Morgan fingerprint density at radius 2 is 1.88 bits per heavy atom. The first kappa shape index (κ1) is 13.4. The quantitative estimate of drug-likeness (QED) is 0.310. The lowest BCUT2D eigenvalue weighted by Crippen LogP contribution is -2.37. The van der Waals surface area contributed by atoms with Crippen LogP contribution in [-0.4, -0.2) is 29.0 Å². The molecule has 0 aromatic heterocycles. The SMILES string of the molecule is CC(=O)CC(=O)OC1CCCCC1O[N+](=O)[O-]. The number of carbonyl (C=O) groups is 2. The first-order valence-electron chi connectivity index (χ1n) is 5.49. The molecule has 0 amide bonds. The van der Waals surface area contributed by atoms with Gasteiger partial charge in [0.15, 0.2) is 0 Å². The predicted molar refractivity (Wildman–Crippen MR) is 55.5 cm³/mol. The van der Waals surface area contributed by atoms with Crippen molar-refractivity contribution in [2.24, 2.45) is 0 Å². The molecule has 0 N–H and O–H groups in total. The van der Waals surface area contributed by atoms with Crippen molar-refractivity contribution < 1.29 is 24.3 Å². The van der Waals surface area contributed by atoms with Crippen LogP contribution in [-0.2, 0) is 19.2 Å². The van der Waals surface area contributed by atoms with E-state index in [-0.39, 0.29) is 12.2 Å². The number of esters is 1. The second-order valence-electron chi connectivity index (χ2n) is 4.06. The molecule has 0 bridgehead atoms. The zero-order chi connectivity index (χ0) is 12.8. The van der Waals surface area contributed by atoms with Crippen LogP contribution >= 0.6 is 0 Å². The summed E-state index contributed by atoms with van der Waals surface area (Å²) in [5.74, 6) is -0.945. The Hall–Kier alpha value is -1.66. The monoisotopic (exact) mass is 245 g/mol. The highest BCUT2D eigenvalue weighted by Crippen LogP contribution is 2.24. The number of rotatable bonds is 5. The minimum atomic E-state index is -0.873. The smallest absolute Gasteiger partial charge is 0.313 e. The molecule has 0 saturated heterocycles. The molecule has 1 rings (SSSR count). The van der Waals surface area contributed by atoms with Gasteiger partial charge in [0.25, 0.3) is 5.09 Å². The maximum Gasteiger partial charge on any atom is 0.313 e. The molecule has 2 atom stereocenters. The number of ether oxygens (including phenoxy) is 1. The third-order valence-corrected chi connectivity index (χ3v) is 2.54. The Morgan fingerprint density at radius 1 is 1.29 bits per heavy atom. The minimum absolute atomic E-state index is 0.294. The zero-order valence-corrected chi connectivity index (χ0v) is 9.59. The van der Waals surface area contributed by atoms with Gasteiger partial charge in [0.2, 0.25) is 0 Å². The van der Waals surface area contributed by atoms with Crippen LogP contribution in [0.2, 0.25) is 0 Å². The van der Waals surface area contributed by atoms with E-state index in [0.717, 1.165) is 12.8 Å². The topological polar surface area (TPSA) is 95.7 Å². The molecular weight excluding hydrogens is 230 g/mol. The van der Waals surface area contributed by atoms with Gasteiger partial charge >= 0.3 is 5.97 Å². The summed E-state index contributed by atoms with van der Waals surface area (Å²) < 4.78 is 5.03. The maximum atomic E-state index is 11.3. The molecule has 0 aromatic carbocycles. The fourth-order valence-corrected chi connectivity index (χ4v) is 1.84. The third kappa shape index (κ3) is 4.80. The standard InChI is InChI=1S/C10H15NO6/c1-7(12)6-10(13)16-8-4-2-3-5-9(8)17-11(14)15/h8-9H,2-6H2,1H3. The molecule has 0 heterocycles. The van der Waals surface area contributed by atoms with E-state index in [2.05, 4.69) is 4.84 Å². The van der Waals surface area contributed by atoms with Gasteiger partial charge in [-0.1, -0.05) is 6.42 Å². The van der Waals surface area contributed by atoms with Gasteiger partial charge in [0.1, 0.15) is 24.4 Å². The summed E-state index contributed by atoms with van der Waals surface area (Å²) in [4.78, 5) is 36.7.